The van der Waals surface area contributed by atoms with E-state index in [1.807, 2.05) is 54.8 Å². The van der Waals surface area contributed by atoms with Gasteiger partial charge in [-0.1, -0.05) is 29.8 Å². The third kappa shape index (κ3) is 4.81. The van der Waals surface area contributed by atoms with Crippen molar-refractivity contribution in [2.45, 2.75) is 19.8 Å². The lowest BCUT2D eigenvalue weighted by atomic mass is 10.1. The van der Waals surface area contributed by atoms with Crippen molar-refractivity contribution in [2.75, 3.05) is 19.0 Å². The monoisotopic (exact) mass is 456 g/mol. The number of benzene rings is 2. The van der Waals surface area contributed by atoms with Crippen molar-refractivity contribution in [1.29, 1.82) is 0 Å². The topological polar surface area (TPSA) is 77.8 Å². The molecule has 1 N–H and O–H groups in total. The van der Waals surface area contributed by atoms with Gasteiger partial charge in [-0.3, -0.25) is 10.1 Å². The molecule has 4 aromatic rings. The van der Waals surface area contributed by atoms with Gasteiger partial charge in [-0.05, 0) is 43.2 Å². The second-order valence-corrected chi connectivity index (χ2v) is 8.00. The van der Waals surface area contributed by atoms with Gasteiger partial charge in [-0.25, -0.2) is 4.52 Å². The zero-order chi connectivity index (χ0) is 21.8. The number of hydrogen-bond acceptors (Lipinski definition) is 6. The molecule has 0 bridgehead atoms. The quantitative estimate of drug-likeness (QED) is 0.399. The highest BCUT2D eigenvalue weighted by Crippen LogP contribution is 2.29. The van der Waals surface area contributed by atoms with Gasteiger partial charge in [0.1, 0.15) is 0 Å². The fourth-order valence-electron chi connectivity index (χ4n) is 3.14. The number of aromatic nitrogens is 3. The van der Waals surface area contributed by atoms with Crippen molar-refractivity contribution in [2.24, 2.45) is 0 Å². The standard InChI is InChI=1S/C22H21ClN4O3S/c1-3-30-18-10-4-14(12-19(18)29-2)5-11-20(28)24-21-25-22-27(26-21)17(13-31-22)15-6-8-16(23)9-7-15/h4,6-10,12-13H,3,5,11H2,1-2H3,(H,24,26,28). The molecule has 2 aromatic heterocycles. The fraction of sp³-hybridized carbons (Fsp3) is 0.227. The first-order valence-electron chi connectivity index (χ1n) is 9.77. The van der Waals surface area contributed by atoms with E-state index in [-0.39, 0.29) is 11.9 Å². The molecule has 160 valence electrons. The van der Waals surface area contributed by atoms with Crippen LogP contribution in [-0.2, 0) is 11.2 Å². The highest BCUT2D eigenvalue weighted by Gasteiger charge is 2.14. The molecule has 7 nitrogen and oxygen atoms in total. The van der Waals surface area contributed by atoms with Crippen LogP contribution in [0.5, 0.6) is 11.5 Å². The van der Waals surface area contributed by atoms with Gasteiger partial charge in [0.15, 0.2) is 11.5 Å². The number of thiazole rings is 1. The van der Waals surface area contributed by atoms with Gasteiger partial charge in [0, 0.05) is 22.4 Å². The molecule has 2 heterocycles. The minimum atomic E-state index is -0.154. The summed E-state index contributed by atoms with van der Waals surface area (Å²) in [6, 6.07) is 13.2. The Balaban J connectivity index is 1.41. The predicted octanol–water partition coefficient (Wildman–Crippen LogP) is 5.09. The van der Waals surface area contributed by atoms with Gasteiger partial charge in [0.2, 0.25) is 16.8 Å². The van der Waals surface area contributed by atoms with Crippen LogP contribution in [0.1, 0.15) is 18.9 Å². The Bertz CT molecular complexity index is 1200. The number of carbonyl (C=O) groups is 1. The van der Waals surface area contributed by atoms with E-state index in [0.717, 1.165) is 16.8 Å². The summed E-state index contributed by atoms with van der Waals surface area (Å²) in [7, 11) is 1.60. The summed E-state index contributed by atoms with van der Waals surface area (Å²) >= 11 is 7.43. The third-order valence-electron chi connectivity index (χ3n) is 4.64. The average molecular weight is 457 g/mol. The van der Waals surface area contributed by atoms with Crippen molar-refractivity contribution in [3.63, 3.8) is 0 Å². The van der Waals surface area contributed by atoms with E-state index in [0.29, 0.717) is 40.9 Å². The molecule has 0 radical (unpaired) electrons. The SMILES string of the molecule is CCOc1ccc(CCC(=O)Nc2nc3scc(-c4ccc(Cl)cc4)n3n2)cc1OC. The molecule has 1 amide bonds. The second-order valence-electron chi connectivity index (χ2n) is 6.72. The Hall–Kier alpha value is -3.10. The Kier molecular flexibility index (Phi) is 6.39. The number of methoxy groups -OCH3 is 1. The molecule has 0 atom stereocenters. The zero-order valence-electron chi connectivity index (χ0n) is 17.1. The van der Waals surface area contributed by atoms with Crippen LogP contribution in [0.15, 0.2) is 47.8 Å². The molecule has 2 aromatic carbocycles. The number of amides is 1. The Morgan fingerprint density at radius 3 is 2.74 bits per heavy atom. The van der Waals surface area contributed by atoms with E-state index in [2.05, 4.69) is 15.4 Å². The van der Waals surface area contributed by atoms with Gasteiger partial charge in [-0.2, -0.15) is 4.98 Å². The van der Waals surface area contributed by atoms with Gasteiger partial charge in [0.25, 0.3) is 0 Å². The summed E-state index contributed by atoms with van der Waals surface area (Å²) in [6.45, 7) is 2.48. The minimum Gasteiger partial charge on any atom is -0.493 e. The summed E-state index contributed by atoms with van der Waals surface area (Å²) in [5.41, 5.74) is 2.85. The van der Waals surface area contributed by atoms with Gasteiger partial charge < -0.3 is 9.47 Å². The van der Waals surface area contributed by atoms with Crippen molar-refractivity contribution in [1.82, 2.24) is 14.6 Å². The minimum absolute atomic E-state index is 0.154. The highest BCUT2D eigenvalue weighted by atomic mass is 35.5. The molecule has 0 unspecified atom stereocenters. The van der Waals surface area contributed by atoms with E-state index < -0.39 is 0 Å². The number of aryl methyl sites for hydroxylation is 1. The van der Waals surface area contributed by atoms with Crippen molar-refractivity contribution in [3.8, 4) is 22.8 Å². The first-order valence-corrected chi connectivity index (χ1v) is 11.0. The largest absolute Gasteiger partial charge is 0.493 e. The fourth-order valence-corrected chi connectivity index (χ4v) is 4.10. The molecule has 0 saturated heterocycles. The third-order valence-corrected chi connectivity index (χ3v) is 5.71. The number of ether oxygens (including phenoxy) is 2. The number of carbonyl (C=O) groups excluding carboxylic acids is 1. The molecule has 0 aliphatic carbocycles. The normalized spacial score (nSPS) is 10.9. The highest BCUT2D eigenvalue weighted by molar-refractivity contribution is 7.15. The summed E-state index contributed by atoms with van der Waals surface area (Å²) in [6.07, 6.45) is 0.862. The summed E-state index contributed by atoms with van der Waals surface area (Å²) in [5, 5.41) is 9.87. The van der Waals surface area contributed by atoms with E-state index >= 15 is 0 Å². The molecule has 0 aliphatic rings. The molecular weight excluding hydrogens is 436 g/mol. The number of anilines is 1. The number of fused-ring (bicyclic) bond motifs is 1. The Labute approximate surface area is 188 Å². The molecule has 31 heavy (non-hydrogen) atoms. The molecule has 4 rings (SSSR count). The van der Waals surface area contributed by atoms with E-state index in [9.17, 15) is 4.79 Å². The van der Waals surface area contributed by atoms with Gasteiger partial charge in [-0.15, -0.1) is 16.4 Å². The summed E-state index contributed by atoms with van der Waals surface area (Å²) in [4.78, 5) is 17.5. The number of rotatable bonds is 8. The lowest BCUT2D eigenvalue weighted by Gasteiger charge is -2.10. The maximum Gasteiger partial charge on any atom is 0.250 e. The van der Waals surface area contributed by atoms with Crippen LogP contribution in [0.2, 0.25) is 5.02 Å². The van der Waals surface area contributed by atoms with Crippen LogP contribution in [-0.4, -0.2) is 34.2 Å². The lowest BCUT2D eigenvalue weighted by molar-refractivity contribution is -0.116. The maximum atomic E-state index is 12.4. The summed E-state index contributed by atoms with van der Waals surface area (Å²) < 4.78 is 12.6. The van der Waals surface area contributed by atoms with E-state index in [1.165, 1.54) is 11.3 Å². The smallest absolute Gasteiger partial charge is 0.250 e. The number of hydrogen-bond donors (Lipinski definition) is 1. The van der Waals surface area contributed by atoms with Crippen LogP contribution < -0.4 is 14.8 Å². The van der Waals surface area contributed by atoms with Gasteiger partial charge >= 0.3 is 0 Å². The molecular formula is C22H21ClN4O3S. The van der Waals surface area contributed by atoms with Crippen LogP contribution in [0.4, 0.5) is 5.95 Å². The van der Waals surface area contributed by atoms with Crippen LogP contribution in [0.25, 0.3) is 16.2 Å². The van der Waals surface area contributed by atoms with Crippen molar-refractivity contribution in [3.05, 3.63) is 58.4 Å². The van der Waals surface area contributed by atoms with Crippen molar-refractivity contribution < 1.29 is 14.3 Å². The van der Waals surface area contributed by atoms with Crippen LogP contribution in [0.3, 0.4) is 0 Å². The van der Waals surface area contributed by atoms with Gasteiger partial charge in [0.05, 0.1) is 19.4 Å². The average Bonchev–Trinajstić information content (AvgIpc) is 3.34. The van der Waals surface area contributed by atoms with E-state index in [4.69, 9.17) is 21.1 Å². The lowest BCUT2D eigenvalue weighted by Crippen LogP contribution is -2.13. The zero-order valence-corrected chi connectivity index (χ0v) is 18.7. The Morgan fingerprint density at radius 2 is 2.00 bits per heavy atom. The second kappa shape index (κ2) is 9.36. The molecule has 0 fully saturated rings. The number of nitrogens with one attached hydrogen (secondary N) is 1. The first-order chi connectivity index (χ1) is 15.1. The number of nitrogens with zero attached hydrogens (tertiary/aromatic N) is 3. The molecule has 9 heteroatoms. The van der Waals surface area contributed by atoms with Crippen molar-refractivity contribution >= 4 is 39.8 Å². The molecule has 0 aliphatic heterocycles. The molecule has 0 saturated carbocycles. The Morgan fingerprint density at radius 1 is 1.19 bits per heavy atom. The van der Waals surface area contributed by atoms with Crippen LogP contribution in [0, 0.1) is 0 Å². The van der Waals surface area contributed by atoms with Crippen LogP contribution >= 0.6 is 22.9 Å². The molecule has 0 spiro atoms. The summed E-state index contributed by atoms with van der Waals surface area (Å²) in [5.74, 6) is 1.48. The predicted molar refractivity (Wildman–Crippen MR) is 122 cm³/mol. The maximum absolute atomic E-state index is 12.4. The van der Waals surface area contributed by atoms with E-state index in [1.54, 1.807) is 11.6 Å². The first kappa shape index (κ1) is 21.1. The number of halogens is 1.